The molecule has 1 nitrogen and oxygen atoms in total. The standard InChI is InChI=1S/C15H31N/c1-13(2)8-5-6-10-16-11-7-9-15(12-16)14(3)4/h13-15H,5-12H2,1-4H3. The molecule has 1 heterocycles. The average Bonchev–Trinajstić information content (AvgIpc) is 2.24. The Morgan fingerprint density at radius 2 is 1.88 bits per heavy atom. The van der Waals surface area contributed by atoms with Gasteiger partial charge in [-0.25, -0.2) is 0 Å². The van der Waals surface area contributed by atoms with Crippen molar-refractivity contribution in [1.29, 1.82) is 0 Å². The van der Waals surface area contributed by atoms with Crippen molar-refractivity contribution in [3.63, 3.8) is 0 Å². The number of piperidine rings is 1. The first-order valence-electron chi connectivity index (χ1n) is 7.32. The maximum Gasteiger partial charge on any atom is 0.00121 e. The number of hydrogen-bond acceptors (Lipinski definition) is 1. The van der Waals surface area contributed by atoms with Gasteiger partial charge in [-0.1, -0.05) is 40.5 Å². The molecule has 1 aliphatic heterocycles. The van der Waals surface area contributed by atoms with Gasteiger partial charge in [-0.3, -0.25) is 0 Å². The van der Waals surface area contributed by atoms with Gasteiger partial charge in [-0.05, 0) is 50.1 Å². The van der Waals surface area contributed by atoms with Crippen LogP contribution in [0.1, 0.15) is 59.8 Å². The second kappa shape index (κ2) is 7.32. The lowest BCUT2D eigenvalue weighted by atomic mass is 9.88. The normalized spacial score (nSPS) is 23.2. The summed E-state index contributed by atoms with van der Waals surface area (Å²) in [6.45, 7) is 13.5. The van der Waals surface area contributed by atoms with Gasteiger partial charge >= 0.3 is 0 Å². The Balaban J connectivity index is 2.12. The molecule has 1 aliphatic rings. The summed E-state index contributed by atoms with van der Waals surface area (Å²) in [5, 5.41) is 0. The van der Waals surface area contributed by atoms with Crippen LogP contribution in [0.25, 0.3) is 0 Å². The molecule has 16 heavy (non-hydrogen) atoms. The second-order valence-corrected chi connectivity index (χ2v) is 6.34. The molecule has 0 saturated carbocycles. The van der Waals surface area contributed by atoms with Gasteiger partial charge in [0.05, 0.1) is 0 Å². The third-order valence-corrected chi connectivity index (χ3v) is 3.99. The molecule has 1 heteroatoms. The maximum absolute atomic E-state index is 2.70. The fourth-order valence-corrected chi connectivity index (χ4v) is 2.73. The molecule has 0 radical (unpaired) electrons. The fourth-order valence-electron chi connectivity index (χ4n) is 2.73. The number of hydrogen-bond donors (Lipinski definition) is 0. The molecule has 0 N–H and O–H groups in total. The summed E-state index contributed by atoms with van der Waals surface area (Å²) >= 11 is 0. The molecule has 0 aromatic rings. The summed E-state index contributed by atoms with van der Waals surface area (Å²) in [7, 11) is 0. The molecule has 96 valence electrons. The molecule has 0 aromatic carbocycles. The zero-order valence-electron chi connectivity index (χ0n) is 11.8. The third-order valence-electron chi connectivity index (χ3n) is 3.99. The van der Waals surface area contributed by atoms with Gasteiger partial charge in [0.25, 0.3) is 0 Å². The van der Waals surface area contributed by atoms with Gasteiger partial charge in [0.15, 0.2) is 0 Å². The van der Waals surface area contributed by atoms with Gasteiger partial charge < -0.3 is 4.90 Å². The summed E-state index contributed by atoms with van der Waals surface area (Å²) in [4.78, 5) is 2.70. The number of rotatable bonds is 6. The van der Waals surface area contributed by atoms with Gasteiger partial charge in [0.2, 0.25) is 0 Å². The first-order chi connectivity index (χ1) is 7.59. The van der Waals surface area contributed by atoms with Crippen LogP contribution in [-0.2, 0) is 0 Å². The first-order valence-corrected chi connectivity index (χ1v) is 7.32. The highest BCUT2D eigenvalue weighted by molar-refractivity contribution is 4.74. The number of nitrogens with zero attached hydrogens (tertiary/aromatic N) is 1. The molecule has 1 atom stereocenters. The predicted octanol–water partition coefficient (Wildman–Crippen LogP) is 4.18. The molecule has 0 aliphatic carbocycles. The first kappa shape index (κ1) is 14.0. The summed E-state index contributed by atoms with van der Waals surface area (Å²) in [5.41, 5.74) is 0. The SMILES string of the molecule is CC(C)CCCCN1CCCC(C(C)C)C1. The summed E-state index contributed by atoms with van der Waals surface area (Å²) in [6, 6.07) is 0. The third kappa shape index (κ3) is 5.34. The van der Waals surface area contributed by atoms with Crippen molar-refractivity contribution in [3.8, 4) is 0 Å². The lowest BCUT2D eigenvalue weighted by Crippen LogP contribution is -2.37. The largest absolute Gasteiger partial charge is 0.303 e. The monoisotopic (exact) mass is 225 g/mol. The minimum Gasteiger partial charge on any atom is -0.303 e. The van der Waals surface area contributed by atoms with Crippen molar-refractivity contribution in [2.24, 2.45) is 17.8 Å². The van der Waals surface area contributed by atoms with Crippen LogP contribution >= 0.6 is 0 Å². The van der Waals surface area contributed by atoms with Crippen LogP contribution in [0.3, 0.4) is 0 Å². The predicted molar refractivity (Wildman–Crippen MR) is 72.7 cm³/mol. The Hall–Kier alpha value is -0.0400. The van der Waals surface area contributed by atoms with Crippen molar-refractivity contribution < 1.29 is 0 Å². The Bertz CT molecular complexity index is 174. The van der Waals surface area contributed by atoms with E-state index in [-0.39, 0.29) is 0 Å². The van der Waals surface area contributed by atoms with E-state index in [2.05, 4.69) is 32.6 Å². The van der Waals surface area contributed by atoms with E-state index in [4.69, 9.17) is 0 Å². The van der Waals surface area contributed by atoms with Crippen LogP contribution in [0.5, 0.6) is 0 Å². The van der Waals surface area contributed by atoms with Crippen LogP contribution < -0.4 is 0 Å². The minimum atomic E-state index is 0.874. The van der Waals surface area contributed by atoms with Gasteiger partial charge in [0, 0.05) is 6.54 Å². The summed E-state index contributed by atoms with van der Waals surface area (Å²) in [6.07, 6.45) is 7.11. The van der Waals surface area contributed by atoms with Gasteiger partial charge in [-0.2, -0.15) is 0 Å². The molecule has 1 unspecified atom stereocenters. The van der Waals surface area contributed by atoms with Crippen molar-refractivity contribution in [2.75, 3.05) is 19.6 Å². The number of unbranched alkanes of at least 4 members (excludes halogenated alkanes) is 1. The Labute approximate surface area is 103 Å². The minimum absolute atomic E-state index is 0.874. The molecular weight excluding hydrogens is 194 g/mol. The van der Waals surface area contributed by atoms with Gasteiger partial charge in [-0.15, -0.1) is 0 Å². The average molecular weight is 225 g/mol. The number of likely N-dealkylation sites (tertiary alicyclic amines) is 1. The van der Waals surface area contributed by atoms with E-state index in [0.717, 1.165) is 17.8 Å². The van der Waals surface area contributed by atoms with Crippen LogP contribution in [0.4, 0.5) is 0 Å². The second-order valence-electron chi connectivity index (χ2n) is 6.34. The zero-order valence-corrected chi connectivity index (χ0v) is 11.8. The lowest BCUT2D eigenvalue weighted by molar-refractivity contribution is 0.143. The molecule has 1 saturated heterocycles. The van der Waals surface area contributed by atoms with Crippen LogP contribution in [-0.4, -0.2) is 24.5 Å². The Morgan fingerprint density at radius 1 is 1.12 bits per heavy atom. The highest BCUT2D eigenvalue weighted by Crippen LogP contribution is 2.23. The van der Waals surface area contributed by atoms with E-state index in [1.54, 1.807) is 0 Å². The molecule has 0 amide bonds. The zero-order chi connectivity index (χ0) is 12.0. The quantitative estimate of drug-likeness (QED) is 0.613. The smallest absolute Gasteiger partial charge is 0.00121 e. The van der Waals surface area contributed by atoms with Crippen molar-refractivity contribution >= 4 is 0 Å². The van der Waals surface area contributed by atoms with E-state index in [9.17, 15) is 0 Å². The van der Waals surface area contributed by atoms with E-state index >= 15 is 0 Å². The van der Waals surface area contributed by atoms with E-state index in [1.165, 1.54) is 51.7 Å². The summed E-state index contributed by atoms with van der Waals surface area (Å²) in [5.74, 6) is 2.71. The van der Waals surface area contributed by atoms with E-state index in [1.807, 2.05) is 0 Å². The highest BCUT2D eigenvalue weighted by Gasteiger charge is 2.21. The van der Waals surface area contributed by atoms with Crippen molar-refractivity contribution in [2.45, 2.75) is 59.8 Å². The topological polar surface area (TPSA) is 3.24 Å². The highest BCUT2D eigenvalue weighted by atomic mass is 15.1. The molecule has 0 spiro atoms. The maximum atomic E-state index is 2.70. The Kier molecular flexibility index (Phi) is 6.41. The lowest BCUT2D eigenvalue weighted by Gasteiger charge is -2.34. The van der Waals surface area contributed by atoms with Crippen molar-refractivity contribution in [1.82, 2.24) is 4.90 Å². The van der Waals surface area contributed by atoms with Crippen molar-refractivity contribution in [3.05, 3.63) is 0 Å². The Morgan fingerprint density at radius 3 is 2.50 bits per heavy atom. The van der Waals surface area contributed by atoms with Crippen LogP contribution in [0.15, 0.2) is 0 Å². The van der Waals surface area contributed by atoms with Crippen LogP contribution in [0, 0.1) is 17.8 Å². The van der Waals surface area contributed by atoms with E-state index in [0.29, 0.717) is 0 Å². The van der Waals surface area contributed by atoms with Crippen LogP contribution in [0.2, 0.25) is 0 Å². The fraction of sp³-hybridized carbons (Fsp3) is 1.00. The molecule has 1 fully saturated rings. The van der Waals surface area contributed by atoms with Gasteiger partial charge in [0.1, 0.15) is 0 Å². The molecule has 1 rings (SSSR count). The molecular formula is C15H31N. The van der Waals surface area contributed by atoms with E-state index < -0.39 is 0 Å². The summed E-state index contributed by atoms with van der Waals surface area (Å²) < 4.78 is 0. The molecule has 0 bridgehead atoms. The molecule has 0 aromatic heterocycles.